The zero-order valence-corrected chi connectivity index (χ0v) is 17.8. The lowest BCUT2D eigenvalue weighted by atomic mass is 9.99. The summed E-state index contributed by atoms with van der Waals surface area (Å²) in [5.74, 6) is 6.36. The van der Waals surface area contributed by atoms with Crippen molar-refractivity contribution in [2.75, 3.05) is 13.7 Å². The number of rotatable bonds is 12. The Morgan fingerprint density at radius 2 is 2.07 bits per heavy atom. The van der Waals surface area contributed by atoms with Gasteiger partial charge in [-0.1, -0.05) is 38.8 Å². The summed E-state index contributed by atoms with van der Waals surface area (Å²) in [5, 5.41) is 10.3. The number of likely N-dealkylation sites (tertiary alicyclic amines) is 1. The van der Waals surface area contributed by atoms with Gasteiger partial charge in [-0.3, -0.25) is 9.59 Å². The van der Waals surface area contributed by atoms with Gasteiger partial charge in [-0.25, -0.2) is 0 Å². The molecule has 3 unspecified atom stereocenters. The van der Waals surface area contributed by atoms with E-state index in [1.165, 1.54) is 7.11 Å². The summed E-state index contributed by atoms with van der Waals surface area (Å²) in [6, 6.07) is 0.0793. The van der Waals surface area contributed by atoms with Crippen LogP contribution in [0.4, 0.5) is 0 Å². The number of carbonyl (C=O) groups excluding carboxylic acids is 2. The van der Waals surface area contributed by atoms with Gasteiger partial charge in [0.15, 0.2) is 0 Å². The fourth-order valence-corrected chi connectivity index (χ4v) is 3.25. The molecular weight excluding hydrogens is 354 g/mol. The maximum atomic E-state index is 12.2. The molecule has 1 aliphatic heterocycles. The highest BCUT2D eigenvalue weighted by molar-refractivity contribution is 5.79. The highest BCUT2D eigenvalue weighted by Gasteiger charge is 2.28. The van der Waals surface area contributed by atoms with E-state index in [0.717, 1.165) is 51.5 Å². The van der Waals surface area contributed by atoms with Crippen LogP contribution in [0.5, 0.6) is 0 Å². The minimum Gasteiger partial charge on any atom is -0.469 e. The molecule has 1 N–H and O–H groups in total. The second kappa shape index (κ2) is 14.2. The van der Waals surface area contributed by atoms with Crippen LogP contribution >= 0.6 is 0 Å². The Balaban J connectivity index is 2.36. The van der Waals surface area contributed by atoms with Gasteiger partial charge >= 0.3 is 5.97 Å². The summed E-state index contributed by atoms with van der Waals surface area (Å²) in [6.45, 7) is 4.84. The van der Waals surface area contributed by atoms with Gasteiger partial charge in [-0.15, -0.1) is 11.8 Å². The van der Waals surface area contributed by atoms with E-state index in [0.29, 0.717) is 19.3 Å². The lowest BCUT2D eigenvalue weighted by Crippen LogP contribution is -2.33. The highest BCUT2D eigenvalue weighted by atomic mass is 16.5. The van der Waals surface area contributed by atoms with Crippen molar-refractivity contribution in [3.8, 4) is 11.8 Å². The first-order valence-corrected chi connectivity index (χ1v) is 10.7. The van der Waals surface area contributed by atoms with Gasteiger partial charge in [0, 0.05) is 32.2 Å². The zero-order chi connectivity index (χ0) is 20.8. The van der Waals surface area contributed by atoms with Crippen LogP contribution in [0.15, 0.2) is 12.2 Å². The number of esters is 1. The summed E-state index contributed by atoms with van der Waals surface area (Å²) in [5.41, 5.74) is 0. The van der Waals surface area contributed by atoms with E-state index in [4.69, 9.17) is 0 Å². The second-order valence-electron chi connectivity index (χ2n) is 7.59. The number of hydrogen-bond donors (Lipinski definition) is 1. The molecule has 1 fully saturated rings. The Bertz CT molecular complexity index is 561. The molecule has 5 nitrogen and oxygen atoms in total. The van der Waals surface area contributed by atoms with Crippen molar-refractivity contribution in [2.24, 2.45) is 5.92 Å². The molecule has 0 spiro atoms. The summed E-state index contributed by atoms with van der Waals surface area (Å²) in [4.78, 5) is 25.2. The Morgan fingerprint density at radius 3 is 2.79 bits per heavy atom. The molecule has 3 atom stereocenters. The van der Waals surface area contributed by atoms with Crippen molar-refractivity contribution < 1.29 is 19.4 Å². The number of aliphatic hydroxyl groups is 1. The lowest BCUT2D eigenvalue weighted by molar-refractivity contribution is -0.140. The Hall–Kier alpha value is -1.80. The molecule has 0 aromatic carbocycles. The summed E-state index contributed by atoms with van der Waals surface area (Å²) in [7, 11) is 1.41. The average molecular weight is 392 g/mol. The molecule has 1 heterocycles. The molecule has 28 heavy (non-hydrogen) atoms. The largest absolute Gasteiger partial charge is 0.469 e. The van der Waals surface area contributed by atoms with Crippen molar-refractivity contribution in [3.05, 3.63) is 12.2 Å². The number of unbranched alkanes of at least 4 members (excludes halogenated alkanes) is 4. The summed E-state index contributed by atoms with van der Waals surface area (Å²) in [6.07, 6.45) is 11.5. The van der Waals surface area contributed by atoms with Crippen LogP contribution < -0.4 is 0 Å². The van der Waals surface area contributed by atoms with Crippen molar-refractivity contribution in [2.45, 2.75) is 90.2 Å². The third kappa shape index (κ3) is 9.41. The van der Waals surface area contributed by atoms with Gasteiger partial charge in [-0.05, 0) is 31.6 Å². The van der Waals surface area contributed by atoms with Crippen LogP contribution in [0.25, 0.3) is 0 Å². The normalized spacial score (nSPS) is 18.8. The van der Waals surface area contributed by atoms with E-state index >= 15 is 0 Å². The van der Waals surface area contributed by atoms with Crippen LogP contribution in [-0.4, -0.2) is 47.7 Å². The van der Waals surface area contributed by atoms with Gasteiger partial charge in [0.2, 0.25) is 5.91 Å². The molecule has 1 rings (SSSR count). The molecule has 0 saturated carbocycles. The third-order valence-corrected chi connectivity index (χ3v) is 5.17. The quantitative estimate of drug-likeness (QED) is 0.237. The third-order valence-electron chi connectivity index (χ3n) is 5.17. The van der Waals surface area contributed by atoms with Crippen molar-refractivity contribution in [3.63, 3.8) is 0 Å². The molecule has 158 valence electrons. The minimum absolute atomic E-state index is 0.0793. The van der Waals surface area contributed by atoms with E-state index in [-0.39, 0.29) is 23.8 Å². The maximum absolute atomic E-state index is 12.2. The van der Waals surface area contributed by atoms with Gasteiger partial charge in [0.05, 0.1) is 19.3 Å². The number of aliphatic hydroxyl groups excluding tert-OH is 1. The van der Waals surface area contributed by atoms with Gasteiger partial charge < -0.3 is 14.7 Å². The van der Waals surface area contributed by atoms with Crippen LogP contribution in [0.2, 0.25) is 0 Å². The van der Waals surface area contributed by atoms with Crippen LogP contribution in [0.3, 0.4) is 0 Å². The molecule has 0 bridgehead atoms. The summed E-state index contributed by atoms with van der Waals surface area (Å²) < 4.78 is 4.63. The number of nitrogens with zero attached hydrogens (tertiary/aromatic N) is 1. The molecule has 0 aromatic rings. The number of methoxy groups -OCH3 is 1. The molecule has 0 aromatic heterocycles. The topological polar surface area (TPSA) is 66.8 Å². The first-order chi connectivity index (χ1) is 13.5. The standard InChI is InChI=1S/C23H37NO4/c1-4-5-6-9-12-19(2)21(25)16-14-20-15-17-22(26)24(20)18-11-8-7-10-13-23(27)28-3/h14,16,19-21,25H,4-5,7-8,10-13,15,17-18H2,1-3H3/b16-14+. The molecular formula is C23H37NO4. The monoisotopic (exact) mass is 391 g/mol. The first-order valence-electron chi connectivity index (χ1n) is 10.7. The highest BCUT2D eigenvalue weighted by Crippen LogP contribution is 2.22. The predicted octanol–water partition coefficient (Wildman–Crippen LogP) is 3.85. The predicted molar refractivity (Wildman–Crippen MR) is 111 cm³/mol. The van der Waals surface area contributed by atoms with Crippen molar-refractivity contribution >= 4 is 11.9 Å². The zero-order valence-electron chi connectivity index (χ0n) is 17.8. The van der Waals surface area contributed by atoms with Crippen molar-refractivity contribution in [1.29, 1.82) is 0 Å². The van der Waals surface area contributed by atoms with Crippen LogP contribution in [0.1, 0.15) is 78.1 Å². The van der Waals surface area contributed by atoms with E-state index in [9.17, 15) is 14.7 Å². The van der Waals surface area contributed by atoms with E-state index < -0.39 is 6.10 Å². The SMILES string of the molecule is CCCC#CCC(C)C(O)/C=C/C1CCC(=O)N1CCCCCCC(=O)OC. The molecule has 0 aliphatic carbocycles. The average Bonchev–Trinajstić information content (AvgIpc) is 3.05. The molecule has 1 amide bonds. The number of hydrogen-bond acceptors (Lipinski definition) is 4. The Kier molecular flexibility index (Phi) is 12.3. The first kappa shape index (κ1) is 24.2. The van der Waals surface area contributed by atoms with Gasteiger partial charge in [0.25, 0.3) is 0 Å². The van der Waals surface area contributed by atoms with E-state index in [2.05, 4.69) is 23.5 Å². The van der Waals surface area contributed by atoms with E-state index in [1.54, 1.807) is 0 Å². The fraction of sp³-hybridized carbons (Fsp3) is 0.739. The Morgan fingerprint density at radius 1 is 1.32 bits per heavy atom. The maximum Gasteiger partial charge on any atom is 0.305 e. The van der Waals surface area contributed by atoms with Crippen LogP contribution in [-0.2, 0) is 14.3 Å². The number of carbonyl (C=O) groups is 2. The molecule has 5 heteroatoms. The summed E-state index contributed by atoms with van der Waals surface area (Å²) >= 11 is 0. The molecule has 1 aliphatic rings. The van der Waals surface area contributed by atoms with Gasteiger partial charge in [-0.2, -0.15) is 0 Å². The molecule has 1 saturated heterocycles. The van der Waals surface area contributed by atoms with E-state index in [1.807, 2.05) is 24.0 Å². The Labute approximate surface area is 170 Å². The van der Waals surface area contributed by atoms with Crippen molar-refractivity contribution in [1.82, 2.24) is 4.90 Å². The number of amides is 1. The smallest absolute Gasteiger partial charge is 0.305 e. The van der Waals surface area contributed by atoms with Crippen LogP contribution in [0, 0.1) is 17.8 Å². The number of ether oxygens (including phenoxy) is 1. The van der Waals surface area contributed by atoms with Gasteiger partial charge in [0.1, 0.15) is 0 Å². The minimum atomic E-state index is -0.535. The lowest BCUT2D eigenvalue weighted by Gasteiger charge is -2.23. The second-order valence-corrected chi connectivity index (χ2v) is 7.59. The molecule has 0 radical (unpaired) electrons. The fourth-order valence-electron chi connectivity index (χ4n) is 3.25.